The highest BCUT2D eigenvalue weighted by molar-refractivity contribution is 6.08. The van der Waals surface area contributed by atoms with Gasteiger partial charge >= 0.3 is 0 Å². The largest absolute Gasteiger partial charge is 0.353 e. The molecule has 20 heavy (non-hydrogen) atoms. The van der Waals surface area contributed by atoms with E-state index in [4.69, 9.17) is 0 Å². The van der Waals surface area contributed by atoms with E-state index < -0.39 is 0 Å². The highest BCUT2D eigenvalue weighted by Gasteiger charge is 2.08. The van der Waals surface area contributed by atoms with E-state index in [2.05, 4.69) is 46.3 Å². The van der Waals surface area contributed by atoms with Crippen molar-refractivity contribution < 1.29 is 0 Å². The number of hydrogen-bond acceptors (Lipinski definition) is 2. The predicted molar refractivity (Wildman–Crippen MR) is 80.5 cm³/mol. The smallest absolute Gasteiger partial charge is 0.0741 e. The molecule has 0 saturated carbocycles. The third-order valence-corrected chi connectivity index (χ3v) is 3.64. The van der Waals surface area contributed by atoms with Gasteiger partial charge in [0.1, 0.15) is 0 Å². The van der Waals surface area contributed by atoms with Gasteiger partial charge in [-0.2, -0.15) is 5.10 Å². The zero-order chi connectivity index (χ0) is 13.7. The van der Waals surface area contributed by atoms with Crippen LogP contribution in [-0.4, -0.2) is 19.7 Å². The van der Waals surface area contributed by atoms with Crippen molar-refractivity contribution in [1.82, 2.24) is 19.7 Å². The minimum Gasteiger partial charge on any atom is -0.353 e. The maximum absolute atomic E-state index is 4.52. The van der Waals surface area contributed by atoms with Crippen LogP contribution in [0.4, 0.5) is 0 Å². The molecule has 4 aromatic rings. The van der Waals surface area contributed by atoms with Crippen molar-refractivity contribution in [3.8, 4) is 11.3 Å². The van der Waals surface area contributed by atoms with Crippen LogP contribution in [0.5, 0.6) is 0 Å². The van der Waals surface area contributed by atoms with Gasteiger partial charge < -0.3 is 4.98 Å². The molecule has 0 atom stereocenters. The van der Waals surface area contributed by atoms with Crippen LogP contribution in [0.3, 0.4) is 0 Å². The summed E-state index contributed by atoms with van der Waals surface area (Å²) in [5.74, 6) is 0. The minimum absolute atomic E-state index is 0.952. The van der Waals surface area contributed by atoms with Crippen LogP contribution in [0.2, 0.25) is 0 Å². The number of rotatable bonds is 1. The predicted octanol–water partition coefficient (Wildman–Crippen LogP) is 3.43. The molecular formula is C16H14N4. The molecule has 0 spiro atoms. The number of nitrogens with one attached hydrogen (secondary N) is 1. The lowest BCUT2D eigenvalue weighted by atomic mass is 10.1. The summed E-state index contributed by atoms with van der Waals surface area (Å²) in [4.78, 5) is 7.93. The topological polar surface area (TPSA) is 46.5 Å². The molecule has 0 amide bonds. The maximum atomic E-state index is 4.52. The van der Waals surface area contributed by atoms with Gasteiger partial charge in [-0.25, -0.2) is 0 Å². The van der Waals surface area contributed by atoms with E-state index in [1.807, 2.05) is 25.6 Å². The van der Waals surface area contributed by atoms with Crippen LogP contribution < -0.4 is 0 Å². The molecule has 4 heteroatoms. The Morgan fingerprint density at radius 3 is 2.70 bits per heavy atom. The van der Waals surface area contributed by atoms with Crippen molar-refractivity contribution in [2.24, 2.45) is 7.05 Å². The third kappa shape index (κ3) is 1.61. The Morgan fingerprint density at radius 2 is 1.90 bits per heavy atom. The van der Waals surface area contributed by atoms with E-state index >= 15 is 0 Å². The van der Waals surface area contributed by atoms with Gasteiger partial charge in [0, 0.05) is 35.1 Å². The zero-order valence-corrected chi connectivity index (χ0v) is 11.4. The Morgan fingerprint density at radius 1 is 1.05 bits per heavy atom. The van der Waals surface area contributed by atoms with E-state index in [0.717, 1.165) is 22.3 Å². The number of fused-ring (bicyclic) bond motifs is 3. The molecule has 0 aliphatic heterocycles. The first kappa shape index (κ1) is 11.2. The summed E-state index contributed by atoms with van der Waals surface area (Å²) in [7, 11) is 1.91. The van der Waals surface area contributed by atoms with Gasteiger partial charge in [0.25, 0.3) is 0 Å². The van der Waals surface area contributed by atoms with E-state index in [0.29, 0.717) is 0 Å². The second kappa shape index (κ2) is 3.93. The number of aryl methyl sites for hydroxylation is 2. The summed E-state index contributed by atoms with van der Waals surface area (Å²) in [6, 6.07) is 8.58. The monoisotopic (exact) mass is 262 g/mol. The summed E-state index contributed by atoms with van der Waals surface area (Å²) < 4.78 is 1.79. The van der Waals surface area contributed by atoms with Crippen LogP contribution in [-0.2, 0) is 7.05 Å². The highest BCUT2D eigenvalue weighted by atomic mass is 15.2. The standard InChI is InChI=1S/C16H14N4/c1-10-3-4-14-12(5-10)13-6-15(17-8-16(13)19-14)11-7-18-20(2)9-11/h3-9,19H,1-2H3. The van der Waals surface area contributed by atoms with Crippen LogP contribution >= 0.6 is 0 Å². The molecule has 0 fully saturated rings. The third-order valence-electron chi connectivity index (χ3n) is 3.64. The molecule has 0 radical (unpaired) electrons. The Labute approximate surface area is 116 Å². The Balaban J connectivity index is 2.02. The van der Waals surface area contributed by atoms with E-state index in [9.17, 15) is 0 Å². The summed E-state index contributed by atoms with van der Waals surface area (Å²) >= 11 is 0. The van der Waals surface area contributed by atoms with Crippen molar-refractivity contribution in [3.63, 3.8) is 0 Å². The molecule has 3 aromatic heterocycles. The van der Waals surface area contributed by atoms with Crippen LogP contribution in [0, 0.1) is 6.92 Å². The number of hydrogen-bond donors (Lipinski definition) is 1. The van der Waals surface area contributed by atoms with E-state index in [1.54, 1.807) is 4.68 Å². The summed E-state index contributed by atoms with van der Waals surface area (Å²) in [6.07, 6.45) is 5.72. The molecule has 1 aromatic carbocycles. The van der Waals surface area contributed by atoms with Crippen molar-refractivity contribution in [3.05, 3.63) is 48.4 Å². The molecule has 0 aliphatic rings. The maximum Gasteiger partial charge on any atom is 0.0741 e. The fourth-order valence-electron chi connectivity index (χ4n) is 2.62. The quantitative estimate of drug-likeness (QED) is 0.571. The Kier molecular flexibility index (Phi) is 2.21. The number of aromatic amines is 1. The second-order valence-electron chi connectivity index (χ2n) is 5.19. The molecule has 98 valence electrons. The normalized spacial score (nSPS) is 11.5. The average Bonchev–Trinajstić information content (AvgIpc) is 3.02. The fourth-order valence-corrected chi connectivity index (χ4v) is 2.62. The first-order chi connectivity index (χ1) is 9.70. The van der Waals surface area contributed by atoms with Crippen LogP contribution in [0.25, 0.3) is 33.1 Å². The summed E-state index contributed by atoms with van der Waals surface area (Å²) in [5.41, 5.74) is 5.47. The molecule has 0 aliphatic carbocycles. The van der Waals surface area contributed by atoms with Gasteiger partial charge in [0.15, 0.2) is 0 Å². The number of benzene rings is 1. The van der Waals surface area contributed by atoms with Crippen molar-refractivity contribution in [2.75, 3.05) is 0 Å². The van der Waals surface area contributed by atoms with E-state index in [1.165, 1.54) is 16.3 Å². The number of aromatic nitrogens is 4. The van der Waals surface area contributed by atoms with E-state index in [-0.39, 0.29) is 0 Å². The molecular weight excluding hydrogens is 248 g/mol. The fraction of sp³-hybridized carbons (Fsp3) is 0.125. The summed E-state index contributed by atoms with van der Waals surface area (Å²) in [5, 5.41) is 6.66. The number of nitrogens with zero attached hydrogens (tertiary/aromatic N) is 3. The minimum atomic E-state index is 0.952. The number of pyridine rings is 1. The van der Waals surface area contributed by atoms with Gasteiger partial charge in [-0.05, 0) is 25.1 Å². The zero-order valence-electron chi connectivity index (χ0n) is 11.4. The first-order valence-electron chi connectivity index (χ1n) is 6.58. The second-order valence-corrected chi connectivity index (χ2v) is 5.19. The molecule has 0 saturated heterocycles. The lowest BCUT2D eigenvalue weighted by Crippen LogP contribution is -1.84. The first-order valence-corrected chi connectivity index (χ1v) is 6.58. The molecule has 0 bridgehead atoms. The number of H-pyrrole nitrogens is 1. The lowest BCUT2D eigenvalue weighted by Gasteiger charge is -1.97. The molecule has 4 rings (SSSR count). The van der Waals surface area contributed by atoms with Gasteiger partial charge in [-0.15, -0.1) is 0 Å². The van der Waals surface area contributed by atoms with Gasteiger partial charge in [0.2, 0.25) is 0 Å². The van der Waals surface area contributed by atoms with Gasteiger partial charge in [-0.3, -0.25) is 9.67 Å². The SMILES string of the molecule is Cc1ccc2[nH]c3cnc(-c4cnn(C)c4)cc3c2c1. The lowest BCUT2D eigenvalue weighted by molar-refractivity contribution is 0.768. The average molecular weight is 262 g/mol. The highest BCUT2D eigenvalue weighted by Crippen LogP contribution is 2.28. The Bertz CT molecular complexity index is 930. The molecule has 1 N–H and O–H groups in total. The molecule has 3 heterocycles. The van der Waals surface area contributed by atoms with Crippen molar-refractivity contribution >= 4 is 21.8 Å². The van der Waals surface area contributed by atoms with Crippen molar-refractivity contribution in [2.45, 2.75) is 6.92 Å². The van der Waals surface area contributed by atoms with Crippen molar-refractivity contribution in [1.29, 1.82) is 0 Å². The van der Waals surface area contributed by atoms with Gasteiger partial charge in [-0.1, -0.05) is 11.6 Å². The van der Waals surface area contributed by atoms with Gasteiger partial charge in [0.05, 0.1) is 23.6 Å². The molecule has 4 nitrogen and oxygen atoms in total. The Hall–Kier alpha value is -2.62. The van der Waals surface area contributed by atoms with Crippen LogP contribution in [0.15, 0.2) is 42.9 Å². The molecule has 0 unspecified atom stereocenters. The summed E-state index contributed by atoms with van der Waals surface area (Å²) in [6.45, 7) is 2.11. The van der Waals surface area contributed by atoms with Crippen LogP contribution in [0.1, 0.15) is 5.56 Å².